The first-order valence-corrected chi connectivity index (χ1v) is 13.2. The number of rotatable bonds is 10. The van der Waals surface area contributed by atoms with Crippen LogP contribution in [0.1, 0.15) is 37.0 Å². The number of halogens is 4. The summed E-state index contributed by atoms with van der Waals surface area (Å²) in [6, 6.07) is 19.2. The molecule has 190 valence electrons. The molecular formula is C28H28Cl4N2O2. The zero-order valence-electron chi connectivity index (χ0n) is 20.1. The maximum absolute atomic E-state index is 13.8. The molecule has 0 aromatic heterocycles. The van der Waals surface area contributed by atoms with Gasteiger partial charge in [0.25, 0.3) is 0 Å². The summed E-state index contributed by atoms with van der Waals surface area (Å²) in [5.41, 5.74) is 2.42. The number of hydrogen-bond acceptors (Lipinski definition) is 2. The van der Waals surface area contributed by atoms with Gasteiger partial charge in [-0.1, -0.05) is 95.8 Å². The van der Waals surface area contributed by atoms with Crippen LogP contribution in [0.2, 0.25) is 20.1 Å². The minimum Gasteiger partial charge on any atom is -0.352 e. The summed E-state index contributed by atoms with van der Waals surface area (Å²) in [7, 11) is 0. The van der Waals surface area contributed by atoms with Gasteiger partial charge in [-0.15, -0.1) is 0 Å². The van der Waals surface area contributed by atoms with Crippen molar-refractivity contribution in [3.05, 3.63) is 104 Å². The lowest BCUT2D eigenvalue weighted by Gasteiger charge is -2.32. The lowest BCUT2D eigenvalue weighted by Crippen LogP contribution is -2.52. The maximum atomic E-state index is 13.8. The first-order valence-electron chi connectivity index (χ1n) is 11.7. The summed E-state index contributed by atoms with van der Waals surface area (Å²) in [4.78, 5) is 28.9. The van der Waals surface area contributed by atoms with Crippen molar-refractivity contribution in [1.29, 1.82) is 0 Å². The first-order chi connectivity index (χ1) is 17.2. The number of nitrogens with zero attached hydrogens (tertiary/aromatic N) is 1. The molecule has 0 bridgehead atoms. The number of benzene rings is 3. The van der Waals surface area contributed by atoms with Crippen LogP contribution < -0.4 is 5.32 Å². The molecule has 36 heavy (non-hydrogen) atoms. The van der Waals surface area contributed by atoms with Gasteiger partial charge in [-0.3, -0.25) is 9.59 Å². The molecule has 3 aromatic carbocycles. The molecule has 3 rings (SSSR count). The Hall–Kier alpha value is -2.24. The Morgan fingerprint density at radius 2 is 1.39 bits per heavy atom. The van der Waals surface area contributed by atoms with E-state index in [0.29, 0.717) is 32.1 Å². The standard InChI is InChI=1S/C28H28Cl4N2O2/c1-3-18(2)33-28(36)26(15-19-7-5-4-6-8-19)34(17-21-10-12-23(30)25(32)14-21)27(35)16-20-9-11-22(29)24(31)13-20/h4-14,18,26H,3,15-17H2,1-2H3,(H,33,36)/t18-,26+/m1/s1. The maximum Gasteiger partial charge on any atom is 0.243 e. The van der Waals surface area contributed by atoms with Crippen LogP contribution >= 0.6 is 46.4 Å². The molecule has 0 saturated carbocycles. The highest BCUT2D eigenvalue weighted by atomic mass is 35.5. The van der Waals surface area contributed by atoms with Gasteiger partial charge in [0, 0.05) is 19.0 Å². The van der Waals surface area contributed by atoms with Gasteiger partial charge < -0.3 is 10.2 Å². The van der Waals surface area contributed by atoms with Gasteiger partial charge in [-0.25, -0.2) is 0 Å². The fourth-order valence-electron chi connectivity index (χ4n) is 3.76. The normalized spacial score (nSPS) is 12.6. The van der Waals surface area contributed by atoms with E-state index in [-0.39, 0.29) is 30.8 Å². The van der Waals surface area contributed by atoms with Crippen molar-refractivity contribution in [1.82, 2.24) is 10.2 Å². The van der Waals surface area contributed by atoms with E-state index in [2.05, 4.69) is 5.32 Å². The van der Waals surface area contributed by atoms with Gasteiger partial charge in [0.05, 0.1) is 26.5 Å². The lowest BCUT2D eigenvalue weighted by atomic mass is 10.0. The molecule has 2 amide bonds. The second-order valence-electron chi connectivity index (χ2n) is 8.72. The third-order valence-corrected chi connectivity index (χ3v) is 7.43. The van der Waals surface area contributed by atoms with Crippen molar-refractivity contribution in [2.24, 2.45) is 0 Å². The molecule has 0 spiro atoms. The second kappa shape index (κ2) is 13.3. The Bertz CT molecular complexity index is 1200. The predicted octanol–water partition coefficient (Wildman–Crippen LogP) is 7.40. The van der Waals surface area contributed by atoms with E-state index in [9.17, 15) is 9.59 Å². The highest BCUT2D eigenvalue weighted by Gasteiger charge is 2.31. The van der Waals surface area contributed by atoms with Gasteiger partial charge in [-0.05, 0) is 54.3 Å². The number of carbonyl (C=O) groups excluding carboxylic acids is 2. The van der Waals surface area contributed by atoms with Crippen LogP contribution in [0.25, 0.3) is 0 Å². The summed E-state index contributed by atoms with van der Waals surface area (Å²) in [6.07, 6.45) is 1.19. The predicted molar refractivity (Wildman–Crippen MR) is 149 cm³/mol. The Morgan fingerprint density at radius 1 is 0.806 bits per heavy atom. The number of amides is 2. The summed E-state index contributed by atoms with van der Waals surface area (Å²) < 4.78 is 0. The average molecular weight is 566 g/mol. The number of nitrogens with one attached hydrogen (secondary N) is 1. The zero-order valence-corrected chi connectivity index (χ0v) is 23.1. The highest BCUT2D eigenvalue weighted by Crippen LogP contribution is 2.26. The molecule has 0 aliphatic carbocycles. The van der Waals surface area contributed by atoms with Gasteiger partial charge in [-0.2, -0.15) is 0 Å². The first kappa shape index (κ1) is 28.3. The molecule has 0 radical (unpaired) electrons. The minimum absolute atomic E-state index is 0.0345. The molecule has 8 heteroatoms. The average Bonchev–Trinajstić information content (AvgIpc) is 2.86. The molecule has 2 atom stereocenters. The SMILES string of the molecule is CC[C@@H](C)NC(=O)[C@H](Cc1ccccc1)N(Cc1ccc(Cl)c(Cl)c1)C(=O)Cc1ccc(Cl)c(Cl)c1. The van der Waals surface area contributed by atoms with E-state index >= 15 is 0 Å². The Morgan fingerprint density at radius 3 is 1.97 bits per heavy atom. The fourth-order valence-corrected chi connectivity index (χ4v) is 4.40. The van der Waals surface area contributed by atoms with Crippen LogP contribution in [-0.2, 0) is 29.0 Å². The number of hydrogen-bond donors (Lipinski definition) is 1. The van der Waals surface area contributed by atoms with E-state index in [0.717, 1.165) is 17.5 Å². The lowest BCUT2D eigenvalue weighted by molar-refractivity contribution is -0.141. The van der Waals surface area contributed by atoms with Crippen molar-refractivity contribution >= 4 is 58.2 Å². The quantitative estimate of drug-likeness (QED) is 0.278. The monoisotopic (exact) mass is 564 g/mol. The van der Waals surface area contributed by atoms with Gasteiger partial charge >= 0.3 is 0 Å². The van der Waals surface area contributed by atoms with Gasteiger partial charge in [0.2, 0.25) is 11.8 Å². The molecular weight excluding hydrogens is 538 g/mol. The van der Waals surface area contributed by atoms with Crippen LogP contribution in [0.3, 0.4) is 0 Å². The van der Waals surface area contributed by atoms with Crippen LogP contribution in [-0.4, -0.2) is 28.8 Å². The van der Waals surface area contributed by atoms with Crippen LogP contribution in [0.5, 0.6) is 0 Å². The smallest absolute Gasteiger partial charge is 0.243 e. The largest absolute Gasteiger partial charge is 0.352 e. The van der Waals surface area contributed by atoms with Crippen LogP contribution in [0, 0.1) is 0 Å². The van der Waals surface area contributed by atoms with Crippen molar-refractivity contribution < 1.29 is 9.59 Å². The summed E-state index contributed by atoms with van der Waals surface area (Å²) in [5.74, 6) is -0.435. The highest BCUT2D eigenvalue weighted by molar-refractivity contribution is 6.42. The minimum atomic E-state index is -0.744. The molecule has 0 aliphatic heterocycles. The number of carbonyl (C=O) groups is 2. The van der Waals surface area contributed by atoms with E-state index in [1.54, 1.807) is 41.3 Å². The molecule has 0 saturated heterocycles. The molecule has 0 fully saturated rings. The molecule has 0 unspecified atom stereocenters. The molecule has 0 heterocycles. The van der Waals surface area contributed by atoms with Crippen LogP contribution in [0.4, 0.5) is 0 Å². The summed E-state index contributed by atoms with van der Waals surface area (Å²) >= 11 is 24.6. The second-order valence-corrected chi connectivity index (χ2v) is 10.3. The molecule has 0 aliphatic rings. The van der Waals surface area contributed by atoms with E-state index in [4.69, 9.17) is 46.4 Å². The van der Waals surface area contributed by atoms with Crippen molar-refractivity contribution in [2.45, 2.75) is 51.7 Å². The van der Waals surface area contributed by atoms with Crippen molar-refractivity contribution in [3.63, 3.8) is 0 Å². The van der Waals surface area contributed by atoms with E-state index in [1.807, 2.05) is 44.2 Å². The van der Waals surface area contributed by atoms with Gasteiger partial charge in [0.1, 0.15) is 6.04 Å². The zero-order chi connectivity index (χ0) is 26.2. The Labute approximate surface area is 232 Å². The third kappa shape index (κ3) is 7.88. The summed E-state index contributed by atoms with van der Waals surface area (Å²) in [6.45, 7) is 4.13. The molecule has 1 N–H and O–H groups in total. The topological polar surface area (TPSA) is 49.4 Å². The van der Waals surface area contributed by atoms with Crippen molar-refractivity contribution in [2.75, 3.05) is 0 Å². The van der Waals surface area contributed by atoms with E-state index in [1.165, 1.54) is 0 Å². The molecule has 3 aromatic rings. The Kier molecular flexibility index (Phi) is 10.5. The summed E-state index contributed by atoms with van der Waals surface area (Å²) in [5, 5.41) is 4.64. The molecule has 4 nitrogen and oxygen atoms in total. The fraction of sp³-hybridized carbons (Fsp3) is 0.286. The van der Waals surface area contributed by atoms with Crippen molar-refractivity contribution in [3.8, 4) is 0 Å². The Balaban J connectivity index is 2.00. The third-order valence-electron chi connectivity index (χ3n) is 5.95. The van der Waals surface area contributed by atoms with Crippen LogP contribution in [0.15, 0.2) is 66.7 Å². The van der Waals surface area contributed by atoms with E-state index < -0.39 is 6.04 Å². The van der Waals surface area contributed by atoms with Gasteiger partial charge in [0.15, 0.2) is 0 Å².